The molecule has 3 nitrogen and oxygen atoms in total. The number of methoxy groups -OCH3 is 1. The molecule has 1 fully saturated rings. The van der Waals surface area contributed by atoms with Gasteiger partial charge in [-0.05, 0) is 24.7 Å². The Kier molecular flexibility index (Phi) is 1.60. The summed E-state index contributed by atoms with van der Waals surface area (Å²) in [7, 11) is 1.35. The van der Waals surface area contributed by atoms with Gasteiger partial charge in [0.25, 0.3) is 0 Å². The van der Waals surface area contributed by atoms with E-state index >= 15 is 0 Å². The van der Waals surface area contributed by atoms with Gasteiger partial charge in [-0.1, -0.05) is 0 Å². The molecule has 0 saturated heterocycles. The lowest BCUT2D eigenvalue weighted by atomic mass is 9.64. The summed E-state index contributed by atoms with van der Waals surface area (Å²) in [6.45, 7) is 0. The molecule has 3 aliphatic carbocycles. The predicted octanol–water partition coefficient (Wildman–Crippen LogP) is 1.40. The number of aliphatic hydroxyl groups excluding tert-OH is 1. The van der Waals surface area contributed by atoms with Crippen molar-refractivity contribution in [1.29, 1.82) is 0 Å². The molecule has 0 spiro atoms. The van der Waals surface area contributed by atoms with Crippen LogP contribution in [0.3, 0.4) is 0 Å². The minimum atomic E-state index is -0.351. The highest BCUT2D eigenvalue weighted by atomic mass is 16.5. The molecule has 0 radical (unpaired) electrons. The second-order valence-corrected chi connectivity index (χ2v) is 3.59. The van der Waals surface area contributed by atoms with E-state index in [-0.39, 0.29) is 17.6 Å². The molecule has 0 aromatic heterocycles. The van der Waals surface area contributed by atoms with Gasteiger partial charge in [0, 0.05) is 6.42 Å². The topological polar surface area (TPSA) is 46.5 Å². The van der Waals surface area contributed by atoms with Gasteiger partial charge in [0.2, 0.25) is 0 Å². The third-order valence-electron chi connectivity index (χ3n) is 2.84. The van der Waals surface area contributed by atoms with Crippen LogP contribution in [0, 0.1) is 11.8 Å². The van der Waals surface area contributed by atoms with Crippen molar-refractivity contribution in [2.24, 2.45) is 11.8 Å². The van der Waals surface area contributed by atoms with Gasteiger partial charge in [-0.15, -0.1) is 0 Å². The largest absolute Gasteiger partial charge is 0.512 e. The van der Waals surface area contributed by atoms with Crippen LogP contribution in [0.25, 0.3) is 0 Å². The summed E-state index contributed by atoms with van der Waals surface area (Å²) in [5.74, 6) is 0.796. The van der Waals surface area contributed by atoms with Gasteiger partial charge < -0.3 is 9.84 Å². The van der Waals surface area contributed by atoms with Gasteiger partial charge in [0.05, 0.1) is 12.7 Å². The standard InChI is InChI=1S/C9H12O3/c1-12-9(11)8-6-2-5(3-6)4-7(8)10/h5-6,10H,2-4H2,1H3. The van der Waals surface area contributed by atoms with Crippen LogP contribution >= 0.6 is 0 Å². The van der Waals surface area contributed by atoms with Gasteiger partial charge in [-0.25, -0.2) is 4.79 Å². The number of carbonyl (C=O) groups is 1. The summed E-state index contributed by atoms with van der Waals surface area (Å²) in [4.78, 5) is 11.2. The number of ether oxygens (including phenoxy) is 1. The molecule has 1 saturated carbocycles. The Morgan fingerprint density at radius 1 is 1.58 bits per heavy atom. The average molecular weight is 168 g/mol. The van der Waals surface area contributed by atoms with Crippen molar-refractivity contribution in [2.45, 2.75) is 19.3 Å². The Labute approximate surface area is 71.0 Å². The molecule has 0 aromatic rings. The zero-order valence-electron chi connectivity index (χ0n) is 7.04. The van der Waals surface area contributed by atoms with E-state index < -0.39 is 0 Å². The lowest BCUT2D eigenvalue weighted by Gasteiger charge is -2.40. The van der Waals surface area contributed by atoms with Crippen LogP contribution in [0.4, 0.5) is 0 Å². The Hall–Kier alpha value is -0.990. The fraction of sp³-hybridized carbons (Fsp3) is 0.667. The summed E-state index contributed by atoms with van der Waals surface area (Å²) in [6, 6.07) is 0. The molecule has 3 rings (SSSR count). The van der Waals surface area contributed by atoms with Crippen molar-refractivity contribution in [2.75, 3.05) is 7.11 Å². The van der Waals surface area contributed by atoms with Crippen molar-refractivity contribution < 1.29 is 14.6 Å². The molecule has 0 heterocycles. The van der Waals surface area contributed by atoms with Gasteiger partial charge in [0.15, 0.2) is 0 Å². The molecule has 0 amide bonds. The van der Waals surface area contributed by atoms with Gasteiger partial charge >= 0.3 is 5.97 Å². The van der Waals surface area contributed by atoms with Crippen molar-refractivity contribution >= 4 is 5.97 Å². The average Bonchev–Trinajstić information content (AvgIpc) is 2.00. The van der Waals surface area contributed by atoms with Crippen molar-refractivity contribution in [3.05, 3.63) is 11.3 Å². The number of allylic oxidation sites excluding steroid dienone is 1. The maximum atomic E-state index is 11.2. The summed E-state index contributed by atoms with van der Waals surface area (Å²) < 4.78 is 4.60. The smallest absolute Gasteiger partial charge is 0.337 e. The van der Waals surface area contributed by atoms with E-state index in [0.717, 1.165) is 12.8 Å². The normalized spacial score (nSPS) is 32.8. The lowest BCUT2D eigenvalue weighted by molar-refractivity contribution is -0.138. The molecule has 0 unspecified atom stereocenters. The molecule has 0 aliphatic heterocycles. The molecule has 3 aliphatic rings. The zero-order valence-corrected chi connectivity index (χ0v) is 7.04. The Balaban J connectivity index is 2.25. The first-order valence-corrected chi connectivity index (χ1v) is 4.22. The lowest BCUT2D eigenvalue weighted by Crippen LogP contribution is -2.35. The van der Waals surface area contributed by atoms with Gasteiger partial charge in [-0.2, -0.15) is 0 Å². The van der Waals surface area contributed by atoms with E-state index in [4.69, 9.17) is 0 Å². The number of fused-ring (bicyclic) bond motifs is 1. The SMILES string of the molecule is COC(=O)C1=C(O)CC2CC1C2. The van der Waals surface area contributed by atoms with E-state index in [1.807, 2.05) is 0 Å². The number of carbonyl (C=O) groups excluding carboxylic acids is 1. The van der Waals surface area contributed by atoms with E-state index in [2.05, 4.69) is 4.74 Å². The summed E-state index contributed by atoms with van der Waals surface area (Å²) in [6.07, 6.45) is 2.77. The van der Waals surface area contributed by atoms with Crippen LogP contribution in [0.5, 0.6) is 0 Å². The van der Waals surface area contributed by atoms with Crippen molar-refractivity contribution in [3.63, 3.8) is 0 Å². The summed E-state index contributed by atoms with van der Waals surface area (Å²) in [5, 5.41) is 9.45. The quantitative estimate of drug-likeness (QED) is 0.602. The van der Waals surface area contributed by atoms with Crippen LogP contribution in [-0.4, -0.2) is 18.2 Å². The Morgan fingerprint density at radius 3 is 2.75 bits per heavy atom. The summed E-state index contributed by atoms with van der Waals surface area (Å²) in [5.41, 5.74) is 0.528. The van der Waals surface area contributed by atoms with Crippen LogP contribution in [0.1, 0.15) is 19.3 Å². The highest BCUT2D eigenvalue weighted by Crippen LogP contribution is 2.48. The third kappa shape index (κ3) is 0.924. The van der Waals surface area contributed by atoms with Crippen molar-refractivity contribution in [1.82, 2.24) is 0 Å². The number of esters is 1. The fourth-order valence-electron chi connectivity index (χ4n) is 2.15. The second-order valence-electron chi connectivity index (χ2n) is 3.59. The van der Waals surface area contributed by atoms with Crippen LogP contribution in [0.2, 0.25) is 0 Å². The molecule has 66 valence electrons. The second kappa shape index (κ2) is 2.51. The predicted molar refractivity (Wildman–Crippen MR) is 42.5 cm³/mol. The third-order valence-corrected chi connectivity index (χ3v) is 2.84. The first kappa shape index (κ1) is 7.65. The van der Waals surface area contributed by atoms with Gasteiger partial charge in [0.1, 0.15) is 5.76 Å². The molecule has 0 atom stereocenters. The minimum absolute atomic E-state index is 0.259. The van der Waals surface area contributed by atoms with Gasteiger partial charge in [-0.3, -0.25) is 0 Å². The number of rotatable bonds is 1. The molecule has 2 bridgehead atoms. The van der Waals surface area contributed by atoms with Crippen LogP contribution in [-0.2, 0) is 9.53 Å². The first-order chi connectivity index (χ1) is 5.72. The van der Waals surface area contributed by atoms with Crippen LogP contribution in [0.15, 0.2) is 11.3 Å². The first-order valence-electron chi connectivity index (χ1n) is 4.22. The number of hydrogen-bond donors (Lipinski definition) is 1. The molecule has 0 aromatic carbocycles. The zero-order chi connectivity index (χ0) is 8.72. The maximum Gasteiger partial charge on any atom is 0.337 e. The monoisotopic (exact) mass is 168 g/mol. The van der Waals surface area contributed by atoms with E-state index in [1.165, 1.54) is 7.11 Å². The van der Waals surface area contributed by atoms with Crippen molar-refractivity contribution in [3.8, 4) is 0 Å². The Bertz CT molecular complexity index is 248. The number of aliphatic hydroxyl groups is 1. The Morgan fingerprint density at radius 2 is 2.25 bits per heavy atom. The molecular weight excluding hydrogens is 156 g/mol. The van der Waals surface area contributed by atoms with Crippen LogP contribution < -0.4 is 0 Å². The number of hydrogen-bond acceptors (Lipinski definition) is 3. The highest BCUT2D eigenvalue weighted by molar-refractivity contribution is 5.90. The maximum absolute atomic E-state index is 11.2. The van der Waals surface area contributed by atoms with E-state index in [0.29, 0.717) is 17.9 Å². The fourth-order valence-corrected chi connectivity index (χ4v) is 2.15. The summed E-state index contributed by atoms with van der Waals surface area (Å²) >= 11 is 0. The molecule has 12 heavy (non-hydrogen) atoms. The molecule has 3 heteroatoms. The molecule has 1 N–H and O–H groups in total. The minimum Gasteiger partial charge on any atom is -0.512 e. The van der Waals surface area contributed by atoms with E-state index in [9.17, 15) is 9.90 Å². The highest BCUT2D eigenvalue weighted by Gasteiger charge is 2.42. The molecular formula is C9H12O3. The van der Waals surface area contributed by atoms with E-state index in [1.54, 1.807) is 0 Å².